The van der Waals surface area contributed by atoms with Gasteiger partial charge in [-0.05, 0) is 6.92 Å². The summed E-state index contributed by atoms with van der Waals surface area (Å²) in [5.41, 5.74) is 0.0156. The van der Waals surface area contributed by atoms with Crippen molar-refractivity contribution in [1.82, 2.24) is 9.78 Å². The molecular weight excluding hydrogens is 135 g/mol. The highest BCUT2D eigenvalue weighted by Gasteiger charge is 2.06. The van der Waals surface area contributed by atoms with E-state index in [2.05, 4.69) is 5.10 Å². The average molecular weight is 142 g/mol. The maximum absolute atomic E-state index is 12.7. The average Bonchev–Trinajstić information content (AvgIpc) is 2.30. The lowest BCUT2D eigenvalue weighted by Crippen LogP contribution is -2.00. The Balaban J connectivity index is 3.08. The first-order valence-electron chi connectivity index (χ1n) is 2.96. The molecule has 1 aromatic rings. The largest absolute Gasteiger partial charge is 0.298 e. The van der Waals surface area contributed by atoms with Gasteiger partial charge in [0.2, 0.25) is 5.95 Å². The molecule has 0 saturated carbocycles. The molecule has 0 spiro atoms. The van der Waals surface area contributed by atoms with Gasteiger partial charge in [0.15, 0.2) is 6.29 Å². The minimum atomic E-state index is -0.558. The van der Waals surface area contributed by atoms with Gasteiger partial charge in [0.05, 0.1) is 11.8 Å². The Hall–Kier alpha value is -1.19. The number of aromatic nitrogens is 2. The summed E-state index contributed by atoms with van der Waals surface area (Å²) in [5, 5.41) is 3.62. The normalized spacial score (nSPS) is 9.80. The molecule has 1 rings (SSSR count). The predicted molar refractivity (Wildman–Crippen MR) is 33.2 cm³/mol. The number of carbonyl (C=O) groups excluding carboxylic acids is 1. The number of nitrogens with zero attached hydrogens (tertiary/aromatic N) is 2. The summed E-state index contributed by atoms with van der Waals surface area (Å²) in [7, 11) is 0. The lowest BCUT2D eigenvalue weighted by Gasteiger charge is -1.92. The second-order valence-corrected chi connectivity index (χ2v) is 1.82. The lowest BCUT2D eigenvalue weighted by molar-refractivity contribution is 0.111. The van der Waals surface area contributed by atoms with Crippen molar-refractivity contribution in [1.29, 1.82) is 0 Å². The van der Waals surface area contributed by atoms with Gasteiger partial charge in [-0.25, -0.2) is 4.68 Å². The first-order chi connectivity index (χ1) is 4.79. The summed E-state index contributed by atoms with van der Waals surface area (Å²) in [4.78, 5) is 10.1. The molecule has 1 heterocycles. The molecule has 0 bridgehead atoms. The van der Waals surface area contributed by atoms with Crippen molar-refractivity contribution < 1.29 is 9.18 Å². The van der Waals surface area contributed by atoms with Crippen LogP contribution in [0.4, 0.5) is 4.39 Å². The Kier molecular flexibility index (Phi) is 1.80. The number of aldehydes is 1. The van der Waals surface area contributed by atoms with Gasteiger partial charge in [-0.3, -0.25) is 4.79 Å². The number of aryl methyl sites for hydroxylation is 1. The standard InChI is InChI=1S/C6H7FN2O/c1-2-9-6(7)5(4-10)3-8-9/h3-4H,2H2,1H3. The molecule has 0 aliphatic carbocycles. The van der Waals surface area contributed by atoms with E-state index in [1.54, 1.807) is 6.92 Å². The molecule has 0 N–H and O–H groups in total. The highest BCUT2D eigenvalue weighted by Crippen LogP contribution is 2.01. The fraction of sp³-hybridized carbons (Fsp3) is 0.333. The van der Waals surface area contributed by atoms with Gasteiger partial charge in [-0.1, -0.05) is 0 Å². The summed E-state index contributed by atoms with van der Waals surface area (Å²) in [6.07, 6.45) is 1.67. The number of hydrogen-bond donors (Lipinski definition) is 0. The van der Waals surface area contributed by atoms with Crippen LogP contribution < -0.4 is 0 Å². The van der Waals surface area contributed by atoms with E-state index in [1.165, 1.54) is 6.20 Å². The maximum atomic E-state index is 12.7. The van der Waals surface area contributed by atoms with Crippen molar-refractivity contribution in [3.05, 3.63) is 17.7 Å². The van der Waals surface area contributed by atoms with Gasteiger partial charge < -0.3 is 0 Å². The van der Waals surface area contributed by atoms with Crippen LogP contribution in [0.3, 0.4) is 0 Å². The summed E-state index contributed by atoms with van der Waals surface area (Å²) >= 11 is 0. The Morgan fingerprint density at radius 1 is 1.90 bits per heavy atom. The Labute approximate surface area is 57.5 Å². The van der Waals surface area contributed by atoms with Crippen LogP contribution in [0.2, 0.25) is 0 Å². The van der Waals surface area contributed by atoms with Crippen molar-refractivity contribution in [3.63, 3.8) is 0 Å². The topological polar surface area (TPSA) is 34.9 Å². The molecule has 54 valence electrons. The van der Waals surface area contributed by atoms with Crippen molar-refractivity contribution in [2.45, 2.75) is 13.5 Å². The van der Waals surface area contributed by atoms with Gasteiger partial charge >= 0.3 is 0 Å². The van der Waals surface area contributed by atoms with Gasteiger partial charge in [0.1, 0.15) is 0 Å². The molecule has 0 aliphatic heterocycles. The third kappa shape index (κ3) is 0.920. The number of hydrogen-bond acceptors (Lipinski definition) is 2. The van der Waals surface area contributed by atoms with E-state index in [-0.39, 0.29) is 5.56 Å². The van der Waals surface area contributed by atoms with Crippen LogP contribution in [0.25, 0.3) is 0 Å². The van der Waals surface area contributed by atoms with Crippen LogP contribution in [0.5, 0.6) is 0 Å². The molecule has 0 atom stereocenters. The van der Waals surface area contributed by atoms with Crippen molar-refractivity contribution >= 4 is 6.29 Å². The van der Waals surface area contributed by atoms with E-state index in [1.807, 2.05) is 0 Å². The molecule has 0 unspecified atom stereocenters. The van der Waals surface area contributed by atoms with E-state index in [0.717, 1.165) is 4.68 Å². The number of carbonyl (C=O) groups is 1. The molecule has 3 nitrogen and oxygen atoms in total. The predicted octanol–water partition coefficient (Wildman–Crippen LogP) is 0.855. The van der Waals surface area contributed by atoms with Crippen molar-refractivity contribution in [2.24, 2.45) is 0 Å². The second-order valence-electron chi connectivity index (χ2n) is 1.82. The molecule has 0 aliphatic rings. The zero-order chi connectivity index (χ0) is 7.56. The third-order valence-electron chi connectivity index (χ3n) is 1.23. The van der Waals surface area contributed by atoms with Gasteiger partial charge in [0, 0.05) is 6.54 Å². The summed E-state index contributed by atoms with van der Waals surface area (Å²) in [5.74, 6) is -0.558. The molecule has 4 heteroatoms. The fourth-order valence-electron chi connectivity index (χ4n) is 0.684. The maximum Gasteiger partial charge on any atom is 0.222 e. The summed E-state index contributed by atoms with van der Waals surface area (Å²) < 4.78 is 13.8. The van der Waals surface area contributed by atoms with E-state index >= 15 is 0 Å². The molecule has 0 saturated heterocycles. The van der Waals surface area contributed by atoms with E-state index in [9.17, 15) is 9.18 Å². The summed E-state index contributed by atoms with van der Waals surface area (Å²) in [6.45, 7) is 2.20. The first kappa shape index (κ1) is 6.92. The SMILES string of the molecule is CCn1ncc(C=O)c1F. The second kappa shape index (κ2) is 2.60. The highest BCUT2D eigenvalue weighted by molar-refractivity contribution is 5.73. The van der Waals surface area contributed by atoms with Gasteiger partial charge in [-0.2, -0.15) is 9.49 Å². The third-order valence-corrected chi connectivity index (χ3v) is 1.23. The zero-order valence-corrected chi connectivity index (χ0v) is 5.54. The van der Waals surface area contributed by atoms with Gasteiger partial charge in [-0.15, -0.1) is 0 Å². The van der Waals surface area contributed by atoms with Crippen molar-refractivity contribution in [2.75, 3.05) is 0 Å². The van der Waals surface area contributed by atoms with E-state index < -0.39 is 5.95 Å². The number of rotatable bonds is 2. The fourth-order valence-corrected chi connectivity index (χ4v) is 0.684. The highest BCUT2D eigenvalue weighted by atomic mass is 19.1. The minimum Gasteiger partial charge on any atom is -0.298 e. The minimum absolute atomic E-state index is 0.0156. The molecular formula is C6H7FN2O. The van der Waals surface area contributed by atoms with Crippen LogP contribution >= 0.6 is 0 Å². The first-order valence-corrected chi connectivity index (χ1v) is 2.96. The van der Waals surface area contributed by atoms with Crippen LogP contribution in [0, 0.1) is 5.95 Å². The van der Waals surface area contributed by atoms with Crippen LogP contribution in [-0.4, -0.2) is 16.1 Å². The monoisotopic (exact) mass is 142 g/mol. The molecule has 0 amide bonds. The van der Waals surface area contributed by atoms with E-state index in [4.69, 9.17) is 0 Å². The summed E-state index contributed by atoms with van der Waals surface area (Å²) in [6, 6.07) is 0. The molecule has 0 radical (unpaired) electrons. The molecule has 0 fully saturated rings. The lowest BCUT2D eigenvalue weighted by atomic mass is 10.4. The molecule has 1 aromatic heterocycles. The van der Waals surface area contributed by atoms with Crippen LogP contribution in [-0.2, 0) is 6.54 Å². The van der Waals surface area contributed by atoms with Crippen molar-refractivity contribution in [3.8, 4) is 0 Å². The quantitative estimate of drug-likeness (QED) is 0.574. The van der Waals surface area contributed by atoms with Crippen LogP contribution in [0.1, 0.15) is 17.3 Å². The van der Waals surface area contributed by atoms with E-state index in [0.29, 0.717) is 12.8 Å². The molecule has 10 heavy (non-hydrogen) atoms. The Morgan fingerprint density at radius 2 is 2.60 bits per heavy atom. The smallest absolute Gasteiger partial charge is 0.222 e. The molecule has 0 aromatic carbocycles. The van der Waals surface area contributed by atoms with Crippen LogP contribution in [0.15, 0.2) is 6.20 Å². The Morgan fingerprint density at radius 3 is 2.90 bits per heavy atom. The Bertz CT molecular complexity index is 244. The number of halogens is 1. The van der Waals surface area contributed by atoms with Gasteiger partial charge in [0.25, 0.3) is 0 Å². The zero-order valence-electron chi connectivity index (χ0n) is 5.54.